The quantitative estimate of drug-likeness (QED) is 0.0809. The third-order valence-corrected chi connectivity index (χ3v) is 6.91. The summed E-state index contributed by atoms with van der Waals surface area (Å²) in [6, 6.07) is 9.94. The maximum atomic E-state index is 13.5. The summed E-state index contributed by atoms with van der Waals surface area (Å²) in [5, 5.41) is 30.6. The van der Waals surface area contributed by atoms with Gasteiger partial charge in [-0.25, -0.2) is 0 Å². The van der Waals surface area contributed by atoms with Crippen LogP contribution in [0.1, 0.15) is 37.8 Å². The van der Waals surface area contributed by atoms with Crippen molar-refractivity contribution in [1.82, 2.24) is 26.6 Å². The molecule has 11 N–H and O–H groups in total. The Balaban J connectivity index is 2.02. The number of aromatic hydroxyl groups is 1. The molecule has 0 aliphatic rings. The lowest BCUT2D eigenvalue weighted by molar-refractivity contribution is -0.140. The van der Waals surface area contributed by atoms with E-state index in [0.29, 0.717) is 11.1 Å². The lowest BCUT2D eigenvalue weighted by Crippen LogP contribution is -2.58. The van der Waals surface area contributed by atoms with Crippen molar-refractivity contribution in [3.8, 4) is 5.75 Å². The van der Waals surface area contributed by atoms with Gasteiger partial charge in [-0.15, -0.1) is 0 Å². The number of benzene rings is 2. The second-order valence-corrected chi connectivity index (χ2v) is 11.5. The molecule has 0 aromatic heterocycles. The first-order valence-corrected chi connectivity index (χ1v) is 15.2. The Morgan fingerprint density at radius 1 is 0.688 bits per heavy atom. The number of nitrogens with one attached hydrogen (secondary N) is 5. The van der Waals surface area contributed by atoms with E-state index in [1.165, 1.54) is 12.1 Å². The van der Waals surface area contributed by atoms with Crippen LogP contribution in [0, 0.1) is 5.92 Å². The molecule has 0 saturated carbocycles. The van der Waals surface area contributed by atoms with Crippen LogP contribution in [0.4, 0.5) is 0 Å². The lowest BCUT2D eigenvalue weighted by atomic mass is 10.0. The molecule has 48 heavy (non-hydrogen) atoms. The zero-order valence-corrected chi connectivity index (χ0v) is 26.7. The number of amides is 6. The summed E-state index contributed by atoms with van der Waals surface area (Å²) in [7, 11) is 0. The molecule has 6 amide bonds. The molecule has 0 aliphatic heterocycles. The summed E-state index contributed by atoms with van der Waals surface area (Å²) < 4.78 is 0. The van der Waals surface area contributed by atoms with E-state index in [9.17, 15) is 38.7 Å². The maximum Gasteiger partial charge on any atom is 0.305 e. The number of carboxylic acid groups (broad SMARTS) is 1. The van der Waals surface area contributed by atoms with E-state index in [1.54, 1.807) is 56.3 Å². The number of hydrogen-bond acceptors (Lipinski definition) is 9. The first-order valence-electron chi connectivity index (χ1n) is 15.2. The molecule has 16 heteroatoms. The molecule has 0 unspecified atom stereocenters. The van der Waals surface area contributed by atoms with Gasteiger partial charge in [0, 0.05) is 6.42 Å². The second kappa shape index (κ2) is 19.2. The minimum atomic E-state index is -1.51. The van der Waals surface area contributed by atoms with Gasteiger partial charge in [-0.1, -0.05) is 56.3 Å². The number of phenols is 1. The molecule has 0 heterocycles. The Morgan fingerprint density at radius 2 is 1.25 bits per heavy atom. The summed E-state index contributed by atoms with van der Waals surface area (Å²) in [6.07, 6.45) is -0.463. The number of carbonyl (C=O) groups excluding carboxylic acids is 6. The molecular formula is C32H43N7O9. The summed E-state index contributed by atoms with van der Waals surface area (Å²) in [5.74, 6) is -6.09. The molecule has 0 bridgehead atoms. The highest BCUT2D eigenvalue weighted by atomic mass is 16.4. The highest BCUT2D eigenvalue weighted by Crippen LogP contribution is 2.11. The fourth-order valence-electron chi connectivity index (χ4n) is 4.47. The van der Waals surface area contributed by atoms with Gasteiger partial charge < -0.3 is 48.3 Å². The van der Waals surface area contributed by atoms with E-state index in [1.807, 2.05) is 0 Å². The highest BCUT2D eigenvalue weighted by Gasteiger charge is 2.30. The van der Waals surface area contributed by atoms with Crippen molar-refractivity contribution >= 4 is 41.4 Å². The molecule has 0 aliphatic carbocycles. The van der Waals surface area contributed by atoms with Crippen LogP contribution in [0.25, 0.3) is 0 Å². The van der Waals surface area contributed by atoms with Crippen molar-refractivity contribution < 1.29 is 43.8 Å². The Labute approximate surface area is 277 Å². The van der Waals surface area contributed by atoms with E-state index in [-0.39, 0.29) is 30.9 Å². The number of phenolic OH excluding ortho intramolecular Hbond substituents is 1. The van der Waals surface area contributed by atoms with Gasteiger partial charge in [0.05, 0.1) is 25.6 Å². The first-order chi connectivity index (χ1) is 22.6. The van der Waals surface area contributed by atoms with Crippen molar-refractivity contribution in [3.05, 3.63) is 65.7 Å². The molecule has 2 aromatic rings. The number of hydrogen-bond donors (Lipinski definition) is 9. The molecule has 0 saturated heterocycles. The van der Waals surface area contributed by atoms with Crippen molar-refractivity contribution in [2.24, 2.45) is 17.4 Å². The van der Waals surface area contributed by atoms with Gasteiger partial charge in [0.15, 0.2) is 0 Å². The van der Waals surface area contributed by atoms with E-state index in [4.69, 9.17) is 16.6 Å². The van der Waals surface area contributed by atoms with Gasteiger partial charge in [0.25, 0.3) is 0 Å². The number of aliphatic carboxylic acids is 1. The molecule has 0 radical (unpaired) electrons. The smallest absolute Gasteiger partial charge is 0.305 e. The molecule has 16 nitrogen and oxygen atoms in total. The SMILES string of the molecule is CC(C)C[C@H](NC(=O)[C@H](Cc1ccccc1)NC(=O)CNC(=O)CNC(=O)[C@@H](N)Cc1ccc(O)cc1)C(=O)N[C@@H](CC(=O)O)C(N)=O. The third-order valence-electron chi connectivity index (χ3n) is 6.91. The van der Waals surface area contributed by atoms with Crippen LogP contribution < -0.4 is 38.1 Å². The standard InChI is InChI=1S/C32H43N7O9/c1-18(2)12-24(31(47)38-23(29(34)45)15-28(43)44)39-32(48)25(14-19-6-4-3-5-7-19)37-27(42)17-35-26(41)16-36-30(46)22(33)13-20-8-10-21(40)11-9-20/h3-11,18,22-25,40H,12-17,33H2,1-2H3,(H2,34,45)(H,35,41)(H,36,46)(H,37,42)(H,38,47)(H,39,48)(H,43,44)/t22-,23-,24-,25-/m0/s1. The predicted molar refractivity (Wildman–Crippen MR) is 173 cm³/mol. The molecule has 4 atom stereocenters. The molecular weight excluding hydrogens is 626 g/mol. The molecule has 2 aromatic carbocycles. The number of primary amides is 1. The van der Waals surface area contributed by atoms with E-state index in [0.717, 1.165) is 0 Å². The molecule has 0 spiro atoms. The first kappa shape index (κ1) is 38.7. The van der Waals surface area contributed by atoms with E-state index < -0.39 is 85.1 Å². The molecule has 2 rings (SSSR count). The monoisotopic (exact) mass is 669 g/mol. The maximum absolute atomic E-state index is 13.5. The summed E-state index contributed by atoms with van der Waals surface area (Å²) >= 11 is 0. The minimum Gasteiger partial charge on any atom is -0.508 e. The number of nitrogens with two attached hydrogens (primary N) is 2. The zero-order valence-electron chi connectivity index (χ0n) is 26.7. The van der Waals surface area contributed by atoms with Gasteiger partial charge >= 0.3 is 5.97 Å². The van der Waals surface area contributed by atoms with Gasteiger partial charge in [-0.3, -0.25) is 33.6 Å². The average Bonchev–Trinajstić information content (AvgIpc) is 3.02. The van der Waals surface area contributed by atoms with Crippen molar-refractivity contribution in [1.29, 1.82) is 0 Å². The van der Waals surface area contributed by atoms with Crippen LogP contribution >= 0.6 is 0 Å². The van der Waals surface area contributed by atoms with Gasteiger partial charge in [-0.05, 0) is 42.0 Å². The second-order valence-electron chi connectivity index (χ2n) is 11.5. The largest absolute Gasteiger partial charge is 0.508 e. The molecule has 0 fully saturated rings. The Bertz CT molecular complexity index is 1440. The van der Waals surface area contributed by atoms with Crippen LogP contribution in [0.5, 0.6) is 5.75 Å². The predicted octanol–water partition coefficient (Wildman–Crippen LogP) is -1.80. The number of rotatable bonds is 19. The molecule has 260 valence electrons. The van der Waals surface area contributed by atoms with Crippen LogP contribution in [0.15, 0.2) is 54.6 Å². The van der Waals surface area contributed by atoms with Crippen molar-refractivity contribution in [3.63, 3.8) is 0 Å². The topological polar surface area (TPSA) is 272 Å². The van der Waals surface area contributed by atoms with E-state index in [2.05, 4.69) is 26.6 Å². The number of carbonyl (C=O) groups is 7. The lowest BCUT2D eigenvalue weighted by Gasteiger charge is -2.25. The normalized spacial score (nSPS) is 13.2. The summed E-state index contributed by atoms with van der Waals surface area (Å²) in [4.78, 5) is 86.8. The van der Waals surface area contributed by atoms with Crippen LogP contribution in [-0.4, -0.2) is 88.9 Å². The number of carboxylic acids is 1. The van der Waals surface area contributed by atoms with Gasteiger partial charge in [-0.2, -0.15) is 0 Å². The Hall–Kier alpha value is -5.51. The van der Waals surface area contributed by atoms with Crippen LogP contribution in [0.3, 0.4) is 0 Å². The zero-order chi connectivity index (χ0) is 35.8. The highest BCUT2D eigenvalue weighted by molar-refractivity contribution is 5.96. The average molecular weight is 670 g/mol. The third kappa shape index (κ3) is 14.3. The Morgan fingerprint density at radius 3 is 1.83 bits per heavy atom. The summed E-state index contributed by atoms with van der Waals surface area (Å²) in [5.41, 5.74) is 12.5. The van der Waals surface area contributed by atoms with Crippen molar-refractivity contribution in [2.75, 3.05) is 13.1 Å². The van der Waals surface area contributed by atoms with Crippen LogP contribution in [0.2, 0.25) is 0 Å². The fourth-order valence-corrected chi connectivity index (χ4v) is 4.47. The van der Waals surface area contributed by atoms with Gasteiger partial charge in [0.1, 0.15) is 23.9 Å². The Kier molecular flexibility index (Phi) is 15.5. The van der Waals surface area contributed by atoms with Gasteiger partial charge in [0.2, 0.25) is 35.4 Å². The minimum absolute atomic E-state index is 0.0142. The van der Waals surface area contributed by atoms with Crippen molar-refractivity contribution in [2.45, 2.75) is 63.7 Å². The fraction of sp³-hybridized carbons (Fsp3) is 0.406. The summed E-state index contributed by atoms with van der Waals surface area (Å²) in [6.45, 7) is 2.56. The van der Waals surface area contributed by atoms with Crippen LogP contribution in [-0.2, 0) is 46.4 Å². The van der Waals surface area contributed by atoms with E-state index >= 15 is 0 Å².